The minimum atomic E-state index is -3.58. The fraction of sp³-hybridized carbons (Fsp3) is 0.385. The van der Waals surface area contributed by atoms with Gasteiger partial charge >= 0.3 is 0 Å². The van der Waals surface area contributed by atoms with Gasteiger partial charge in [0.1, 0.15) is 6.61 Å². The van der Waals surface area contributed by atoms with Crippen LogP contribution in [0.1, 0.15) is 65.0 Å². The molecule has 1 aliphatic carbocycles. The summed E-state index contributed by atoms with van der Waals surface area (Å²) in [6.07, 6.45) is 4.88. The number of aromatic nitrogens is 2. The Morgan fingerprint density at radius 2 is 1.93 bits per heavy atom. The van der Waals surface area contributed by atoms with E-state index in [1.54, 1.807) is 47.4 Å². The van der Waals surface area contributed by atoms with Gasteiger partial charge in [0, 0.05) is 27.7 Å². The third-order valence-electron chi connectivity index (χ3n) is 7.17. The number of nitrogens with one attached hydrogen (secondary N) is 2. The number of rotatable bonds is 8. The Balaban J connectivity index is 1.61. The number of amides is 2. The summed E-state index contributed by atoms with van der Waals surface area (Å²) >= 11 is 12.9. The standard InChI is InChI=1S/C26H27Cl2N5O6S/c1-40(36,37)32-20-8-4-5-9-21(20)33-24(18-11-10-15(27)12-19(18)28)23(16-6-2-3-7-17(16)26(33)35)25(34)31-38-13-22-29-14-39-30-22/h2-3,6-7,10-12,14,20-21,23-24,32H,4-5,8-9,13H2,1H3,(H,31,34)/t20-,21-,23+,24-/m0/s1. The van der Waals surface area contributed by atoms with Crippen molar-refractivity contribution in [3.05, 3.63) is 81.4 Å². The highest BCUT2D eigenvalue weighted by Crippen LogP contribution is 2.47. The molecule has 212 valence electrons. The fourth-order valence-electron chi connectivity index (χ4n) is 5.62. The van der Waals surface area contributed by atoms with Gasteiger partial charge in [-0.3, -0.25) is 14.4 Å². The molecule has 1 fully saturated rings. The van der Waals surface area contributed by atoms with Crippen LogP contribution in [0.2, 0.25) is 10.0 Å². The normalized spacial score (nSPS) is 23.1. The van der Waals surface area contributed by atoms with E-state index in [1.165, 1.54) is 0 Å². The Kier molecular flexibility index (Phi) is 8.43. The molecule has 2 heterocycles. The number of halogens is 2. The van der Waals surface area contributed by atoms with Gasteiger partial charge in [-0.2, -0.15) is 4.98 Å². The molecule has 2 N–H and O–H groups in total. The van der Waals surface area contributed by atoms with Crippen molar-refractivity contribution in [2.45, 2.75) is 56.3 Å². The number of carbonyl (C=O) groups is 2. The van der Waals surface area contributed by atoms with Crippen molar-refractivity contribution in [3.63, 3.8) is 0 Å². The molecule has 2 amide bonds. The Bertz CT molecular complexity index is 1500. The maximum Gasteiger partial charge on any atom is 0.255 e. The zero-order valence-corrected chi connectivity index (χ0v) is 23.7. The van der Waals surface area contributed by atoms with E-state index in [4.69, 9.17) is 32.6 Å². The Labute approximate surface area is 241 Å². The van der Waals surface area contributed by atoms with Crippen molar-refractivity contribution in [1.29, 1.82) is 0 Å². The molecule has 1 saturated carbocycles. The van der Waals surface area contributed by atoms with Crippen LogP contribution in [0.3, 0.4) is 0 Å². The summed E-state index contributed by atoms with van der Waals surface area (Å²) in [5, 5.41) is 4.32. The number of hydrogen-bond donors (Lipinski definition) is 2. The van der Waals surface area contributed by atoms with Gasteiger partial charge in [-0.25, -0.2) is 18.6 Å². The molecular weight excluding hydrogens is 581 g/mol. The average molecular weight is 609 g/mol. The predicted octanol–water partition coefficient (Wildman–Crippen LogP) is 3.77. The maximum atomic E-state index is 14.2. The van der Waals surface area contributed by atoms with E-state index in [0.29, 0.717) is 34.6 Å². The molecule has 4 atom stereocenters. The molecule has 2 aliphatic rings. The third kappa shape index (κ3) is 6.01. The van der Waals surface area contributed by atoms with E-state index >= 15 is 0 Å². The molecule has 0 radical (unpaired) electrons. The van der Waals surface area contributed by atoms with Crippen molar-refractivity contribution < 1.29 is 27.4 Å². The van der Waals surface area contributed by atoms with Gasteiger partial charge in [0.05, 0.1) is 18.2 Å². The quantitative estimate of drug-likeness (QED) is 0.368. The highest BCUT2D eigenvalue weighted by Gasteiger charge is 2.49. The maximum absolute atomic E-state index is 14.2. The number of benzene rings is 2. The van der Waals surface area contributed by atoms with Crippen molar-refractivity contribution in [2.24, 2.45) is 0 Å². The second-order valence-electron chi connectivity index (χ2n) is 9.84. The minimum absolute atomic E-state index is 0.144. The summed E-state index contributed by atoms with van der Waals surface area (Å²) in [7, 11) is -3.58. The average Bonchev–Trinajstić information content (AvgIpc) is 3.42. The summed E-state index contributed by atoms with van der Waals surface area (Å²) in [4.78, 5) is 39.0. The number of fused-ring (bicyclic) bond motifs is 1. The lowest BCUT2D eigenvalue weighted by molar-refractivity contribution is -0.138. The first-order chi connectivity index (χ1) is 19.1. The molecule has 14 heteroatoms. The van der Waals surface area contributed by atoms with E-state index in [-0.39, 0.29) is 23.4 Å². The Morgan fingerprint density at radius 1 is 1.15 bits per heavy atom. The number of hydrogen-bond acceptors (Lipinski definition) is 8. The predicted molar refractivity (Wildman–Crippen MR) is 146 cm³/mol. The number of nitrogens with zero attached hydrogens (tertiary/aromatic N) is 3. The number of carbonyl (C=O) groups excluding carboxylic acids is 2. The first-order valence-corrected chi connectivity index (χ1v) is 15.3. The first-order valence-electron chi connectivity index (χ1n) is 12.6. The third-order valence-corrected chi connectivity index (χ3v) is 8.47. The molecule has 2 aromatic carbocycles. The lowest BCUT2D eigenvalue weighted by atomic mass is 9.76. The molecule has 11 nitrogen and oxygen atoms in total. The fourth-order valence-corrected chi connectivity index (χ4v) is 6.96. The lowest BCUT2D eigenvalue weighted by Gasteiger charge is -2.49. The highest BCUT2D eigenvalue weighted by molar-refractivity contribution is 7.88. The van der Waals surface area contributed by atoms with Crippen LogP contribution in [0.15, 0.2) is 53.4 Å². The van der Waals surface area contributed by atoms with Crippen molar-refractivity contribution >= 4 is 45.0 Å². The molecule has 1 aromatic heterocycles. The van der Waals surface area contributed by atoms with Crippen LogP contribution in [0.5, 0.6) is 0 Å². The van der Waals surface area contributed by atoms with Gasteiger partial charge in [-0.15, -0.1) is 0 Å². The summed E-state index contributed by atoms with van der Waals surface area (Å²) < 4.78 is 32.0. The molecule has 3 aromatic rings. The molecule has 0 bridgehead atoms. The van der Waals surface area contributed by atoms with Gasteiger partial charge in [0.2, 0.25) is 16.4 Å². The van der Waals surface area contributed by atoms with Gasteiger partial charge in [0.15, 0.2) is 5.82 Å². The minimum Gasteiger partial charge on any atom is -0.343 e. The summed E-state index contributed by atoms with van der Waals surface area (Å²) in [6, 6.07) is 9.74. The van der Waals surface area contributed by atoms with Gasteiger partial charge in [0.25, 0.3) is 11.8 Å². The SMILES string of the molecule is CS(=O)(=O)N[C@H]1CCCC[C@@H]1N1C(=O)c2ccccc2[C@@H](C(=O)NOCc2ncon2)[C@@H]1c1ccc(Cl)cc1Cl. The monoisotopic (exact) mass is 607 g/mol. The van der Waals surface area contributed by atoms with Crippen LogP contribution in [-0.4, -0.2) is 53.6 Å². The largest absolute Gasteiger partial charge is 0.343 e. The van der Waals surface area contributed by atoms with Crippen LogP contribution in [0.25, 0.3) is 0 Å². The smallest absolute Gasteiger partial charge is 0.255 e. The van der Waals surface area contributed by atoms with Crippen molar-refractivity contribution in [1.82, 2.24) is 25.2 Å². The summed E-state index contributed by atoms with van der Waals surface area (Å²) in [5.74, 6) is -1.59. The van der Waals surface area contributed by atoms with Crippen LogP contribution >= 0.6 is 23.2 Å². The van der Waals surface area contributed by atoms with Gasteiger partial charge < -0.3 is 9.42 Å². The summed E-state index contributed by atoms with van der Waals surface area (Å²) in [6.45, 7) is -0.144. The number of hydroxylamine groups is 1. The van der Waals surface area contributed by atoms with E-state index < -0.39 is 40.0 Å². The van der Waals surface area contributed by atoms with Crippen LogP contribution in [0, 0.1) is 0 Å². The van der Waals surface area contributed by atoms with E-state index in [0.717, 1.165) is 25.5 Å². The number of sulfonamides is 1. The molecular formula is C26H27Cl2N5O6S. The van der Waals surface area contributed by atoms with Gasteiger partial charge in [-0.05, 0) is 42.2 Å². The van der Waals surface area contributed by atoms with Crippen molar-refractivity contribution in [3.8, 4) is 0 Å². The first kappa shape index (κ1) is 28.5. The topological polar surface area (TPSA) is 144 Å². The zero-order valence-electron chi connectivity index (χ0n) is 21.4. The van der Waals surface area contributed by atoms with Crippen LogP contribution in [-0.2, 0) is 26.3 Å². The van der Waals surface area contributed by atoms with Crippen LogP contribution in [0.4, 0.5) is 0 Å². The Morgan fingerprint density at radius 3 is 2.65 bits per heavy atom. The Hall–Kier alpha value is -3.03. The molecule has 1 aliphatic heterocycles. The summed E-state index contributed by atoms with van der Waals surface area (Å²) in [5.41, 5.74) is 3.80. The van der Waals surface area contributed by atoms with E-state index in [9.17, 15) is 18.0 Å². The second kappa shape index (κ2) is 11.8. The van der Waals surface area contributed by atoms with Crippen molar-refractivity contribution in [2.75, 3.05) is 6.26 Å². The zero-order chi connectivity index (χ0) is 28.4. The molecule has 5 rings (SSSR count). The molecule has 0 saturated heterocycles. The molecule has 0 unspecified atom stereocenters. The molecule has 40 heavy (non-hydrogen) atoms. The molecule has 0 spiro atoms. The van der Waals surface area contributed by atoms with E-state index in [1.807, 2.05) is 0 Å². The van der Waals surface area contributed by atoms with E-state index in [2.05, 4.69) is 20.3 Å². The van der Waals surface area contributed by atoms with Gasteiger partial charge in [-0.1, -0.05) is 65.5 Å². The second-order valence-corrected chi connectivity index (χ2v) is 12.5. The lowest BCUT2D eigenvalue weighted by Crippen LogP contribution is -2.59. The highest BCUT2D eigenvalue weighted by atomic mass is 35.5. The van der Waals surface area contributed by atoms with Crippen LogP contribution < -0.4 is 10.2 Å².